The molecule has 0 aliphatic carbocycles. The van der Waals surface area contributed by atoms with Gasteiger partial charge in [0.05, 0.1) is 7.11 Å². The number of amides is 2. The number of fused-ring (bicyclic) bond motifs is 1. The van der Waals surface area contributed by atoms with Crippen LogP contribution in [0.15, 0.2) is 24.3 Å². The van der Waals surface area contributed by atoms with Crippen molar-refractivity contribution in [2.75, 3.05) is 33.3 Å². The minimum atomic E-state index is -0.0221. The summed E-state index contributed by atoms with van der Waals surface area (Å²) in [5, 5.41) is 0.952. The average molecular weight is 343 g/mol. The van der Waals surface area contributed by atoms with E-state index in [0.29, 0.717) is 44.2 Å². The molecule has 2 heterocycles. The molecule has 1 aromatic carbocycles. The number of aromatic amines is 1. The first-order chi connectivity index (χ1) is 12.0. The first-order valence-electron chi connectivity index (χ1n) is 8.71. The number of piperazine rings is 1. The maximum atomic E-state index is 12.7. The van der Waals surface area contributed by atoms with Crippen molar-refractivity contribution in [2.24, 2.45) is 5.92 Å². The number of methoxy groups -OCH3 is 1. The van der Waals surface area contributed by atoms with Crippen LogP contribution in [-0.2, 0) is 4.79 Å². The molecule has 1 aromatic heterocycles. The molecule has 0 radical (unpaired) electrons. The Morgan fingerprint density at radius 1 is 1.12 bits per heavy atom. The lowest BCUT2D eigenvalue weighted by Gasteiger charge is -2.35. The Balaban J connectivity index is 1.65. The largest absolute Gasteiger partial charge is 0.497 e. The Bertz CT molecular complexity index is 773. The summed E-state index contributed by atoms with van der Waals surface area (Å²) in [7, 11) is 1.62. The first-order valence-corrected chi connectivity index (χ1v) is 8.71. The van der Waals surface area contributed by atoms with Gasteiger partial charge < -0.3 is 19.5 Å². The zero-order chi connectivity index (χ0) is 18.0. The van der Waals surface area contributed by atoms with Crippen molar-refractivity contribution < 1.29 is 14.3 Å². The van der Waals surface area contributed by atoms with Crippen molar-refractivity contribution in [3.8, 4) is 5.75 Å². The van der Waals surface area contributed by atoms with Gasteiger partial charge in [0.2, 0.25) is 5.91 Å². The maximum Gasteiger partial charge on any atom is 0.270 e. The lowest BCUT2D eigenvalue weighted by atomic mass is 10.1. The second-order valence-electron chi connectivity index (χ2n) is 6.91. The molecular formula is C19H25N3O3. The summed E-state index contributed by atoms with van der Waals surface area (Å²) in [6.07, 6.45) is 0.567. The molecule has 0 saturated carbocycles. The van der Waals surface area contributed by atoms with E-state index in [4.69, 9.17) is 4.74 Å². The van der Waals surface area contributed by atoms with Crippen LogP contribution >= 0.6 is 0 Å². The molecule has 134 valence electrons. The molecule has 1 saturated heterocycles. The SMILES string of the molecule is COc1ccc2[nH]c(C(=O)N3CCN(C(=O)CC(C)C)CC3)cc2c1. The molecule has 3 rings (SSSR count). The fourth-order valence-corrected chi connectivity index (χ4v) is 3.16. The van der Waals surface area contributed by atoms with Gasteiger partial charge in [-0.05, 0) is 30.2 Å². The minimum Gasteiger partial charge on any atom is -0.497 e. The Labute approximate surface area is 147 Å². The molecule has 25 heavy (non-hydrogen) atoms. The van der Waals surface area contributed by atoms with Crippen LogP contribution < -0.4 is 4.74 Å². The molecule has 1 fully saturated rings. The van der Waals surface area contributed by atoms with Crippen LogP contribution in [0.3, 0.4) is 0 Å². The van der Waals surface area contributed by atoms with E-state index in [1.54, 1.807) is 12.0 Å². The Kier molecular flexibility index (Phi) is 4.97. The van der Waals surface area contributed by atoms with E-state index >= 15 is 0 Å². The van der Waals surface area contributed by atoms with E-state index in [1.165, 1.54) is 0 Å². The van der Waals surface area contributed by atoms with E-state index in [1.807, 2.05) is 43.0 Å². The highest BCUT2D eigenvalue weighted by molar-refractivity contribution is 5.98. The Hall–Kier alpha value is -2.50. The van der Waals surface area contributed by atoms with Crippen molar-refractivity contribution in [3.05, 3.63) is 30.0 Å². The van der Waals surface area contributed by atoms with E-state index in [2.05, 4.69) is 4.98 Å². The molecule has 0 atom stereocenters. The zero-order valence-electron chi connectivity index (χ0n) is 15.0. The fourth-order valence-electron chi connectivity index (χ4n) is 3.16. The number of H-pyrrole nitrogens is 1. The van der Waals surface area contributed by atoms with Crippen molar-refractivity contribution in [2.45, 2.75) is 20.3 Å². The van der Waals surface area contributed by atoms with E-state index < -0.39 is 0 Å². The van der Waals surface area contributed by atoms with Gasteiger partial charge >= 0.3 is 0 Å². The quantitative estimate of drug-likeness (QED) is 0.928. The molecule has 1 N–H and O–H groups in total. The van der Waals surface area contributed by atoms with Crippen LogP contribution in [0.2, 0.25) is 0 Å². The highest BCUT2D eigenvalue weighted by Gasteiger charge is 2.25. The van der Waals surface area contributed by atoms with Gasteiger partial charge in [0.15, 0.2) is 0 Å². The Morgan fingerprint density at radius 3 is 2.44 bits per heavy atom. The summed E-state index contributed by atoms with van der Waals surface area (Å²) in [4.78, 5) is 31.7. The van der Waals surface area contributed by atoms with Crippen LogP contribution in [0.1, 0.15) is 30.8 Å². The second kappa shape index (κ2) is 7.17. The zero-order valence-corrected chi connectivity index (χ0v) is 15.0. The lowest BCUT2D eigenvalue weighted by Crippen LogP contribution is -2.50. The predicted octanol–water partition coefficient (Wildman–Crippen LogP) is 2.51. The topological polar surface area (TPSA) is 65.6 Å². The fraction of sp³-hybridized carbons (Fsp3) is 0.474. The average Bonchev–Trinajstić information content (AvgIpc) is 3.03. The molecule has 1 aliphatic heterocycles. The summed E-state index contributed by atoms with van der Waals surface area (Å²) >= 11 is 0. The molecule has 6 heteroatoms. The summed E-state index contributed by atoms with van der Waals surface area (Å²) in [5.41, 5.74) is 1.49. The summed E-state index contributed by atoms with van der Waals surface area (Å²) < 4.78 is 5.22. The predicted molar refractivity (Wildman–Crippen MR) is 96.8 cm³/mol. The van der Waals surface area contributed by atoms with Crippen molar-refractivity contribution in [1.82, 2.24) is 14.8 Å². The van der Waals surface area contributed by atoms with Crippen molar-refractivity contribution in [1.29, 1.82) is 0 Å². The van der Waals surface area contributed by atoms with Gasteiger partial charge in [-0.3, -0.25) is 9.59 Å². The lowest BCUT2D eigenvalue weighted by molar-refractivity contribution is -0.133. The number of benzene rings is 1. The third kappa shape index (κ3) is 3.78. The van der Waals surface area contributed by atoms with Crippen LogP contribution in [0.25, 0.3) is 10.9 Å². The standard InChI is InChI=1S/C19H25N3O3/c1-13(2)10-18(23)21-6-8-22(9-7-21)19(24)17-12-14-11-15(25-3)4-5-16(14)20-17/h4-5,11-13,20H,6-10H2,1-3H3. The molecule has 1 aliphatic rings. The molecule has 2 aromatic rings. The monoisotopic (exact) mass is 343 g/mol. The van der Waals surface area contributed by atoms with Gasteiger partial charge in [0.1, 0.15) is 11.4 Å². The molecule has 0 bridgehead atoms. The van der Waals surface area contributed by atoms with E-state index in [9.17, 15) is 9.59 Å². The molecule has 2 amide bonds. The van der Waals surface area contributed by atoms with Crippen molar-refractivity contribution in [3.63, 3.8) is 0 Å². The maximum absolute atomic E-state index is 12.7. The van der Waals surface area contributed by atoms with Gasteiger partial charge in [-0.2, -0.15) is 0 Å². The number of ether oxygens (including phenoxy) is 1. The summed E-state index contributed by atoms with van der Waals surface area (Å²) in [6, 6.07) is 7.54. The van der Waals surface area contributed by atoms with E-state index in [0.717, 1.165) is 16.7 Å². The number of nitrogens with one attached hydrogen (secondary N) is 1. The van der Waals surface area contributed by atoms with Gasteiger partial charge in [-0.1, -0.05) is 13.8 Å². The molecule has 0 unspecified atom stereocenters. The molecule has 0 spiro atoms. The third-order valence-corrected chi connectivity index (χ3v) is 4.56. The minimum absolute atomic E-state index is 0.0221. The number of carbonyl (C=O) groups is 2. The van der Waals surface area contributed by atoms with Crippen LogP contribution in [0.4, 0.5) is 0 Å². The van der Waals surface area contributed by atoms with Crippen molar-refractivity contribution >= 4 is 22.7 Å². The normalized spacial score (nSPS) is 15.0. The third-order valence-electron chi connectivity index (χ3n) is 4.56. The summed E-state index contributed by atoms with van der Waals surface area (Å²) in [6.45, 7) is 6.44. The van der Waals surface area contributed by atoms with Crippen LogP contribution in [0, 0.1) is 5.92 Å². The first kappa shape index (κ1) is 17.3. The smallest absolute Gasteiger partial charge is 0.270 e. The molecule has 6 nitrogen and oxygen atoms in total. The van der Waals surface area contributed by atoms with Crippen LogP contribution in [0.5, 0.6) is 5.75 Å². The number of aromatic nitrogens is 1. The highest BCUT2D eigenvalue weighted by atomic mass is 16.5. The molecular weight excluding hydrogens is 318 g/mol. The van der Waals surface area contributed by atoms with Gasteiger partial charge in [-0.15, -0.1) is 0 Å². The summed E-state index contributed by atoms with van der Waals surface area (Å²) in [5.74, 6) is 1.28. The van der Waals surface area contributed by atoms with Gasteiger partial charge in [0.25, 0.3) is 5.91 Å². The number of carbonyl (C=O) groups excluding carboxylic acids is 2. The number of rotatable bonds is 4. The highest BCUT2D eigenvalue weighted by Crippen LogP contribution is 2.22. The second-order valence-corrected chi connectivity index (χ2v) is 6.91. The number of nitrogens with zero attached hydrogens (tertiary/aromatic N) is 2. The van der Waals surface area contributed by atoms with Gasteiger partial charge in [-0.25, -0.2) is 0 Å². The van der Waals surface area contributed by atoms with Gasteiger partial charge in [0, 0.05) is 43.5 Å². The van der Waals surface area contributed by atoms with Crippen LogP contribution in [-0.4, -0.2) is 59.9 Å². The van der Waals surface area contributed by atoms with E-state index in [-0.39, 0.29) is 11.8 Å². The number of hydrogen-bond acceptors (Lipinski definition) is 3. The Morgan fingerprint density at radius 2 is 1.80 bits per heavy atom. The number of hydrogen-bond donors (Lipinski definition) is 1.